The van der Waals surface area contributed by atoms with Crippen molar-refractivity contribution >= 4 is 11.6 Å². The molecule has 0 radical (unpaired) electrons. The number of carbonyl (C=O) groups is 1. The molecule has 3 rings (SSSR count). The van der Waals surface area contributed by atoms with Gasteiger partial charge in [-0.15, -0.1) is 0 Å². The first-order valence-corrected chi connectivity index (χ1v) is 8.03. The van der Waals surface area contributed by atoms with E-state index in [0.29, 0.717) is 24.1 Å². The van der Waals surface area contributed by atoms with Crippen molar-refractivity contribution in [1.29, 1.82) is 0 Å². The molecule has 132 valence electrons. The molecule has 0 saturated carbocycles. The molecule has 2 aromatic rings. The highest BCUT2D eigenvalue weighted by atomic mass is 19.4. The van der Waals surface area contributed by atoms with Gasteiger partial charge in [0.2, 0.25) is 5.91 Å². The van der Waals surface area contributed by atoms with Crippen molar-refractivity contribution in [3.8, 4) is 11.1 Å². The van der Waals surface area contributed by atoms with Gasteiger partial charge in [0.25, 0.3) is 0 Å². The number of alkyl halides is 3. The Hall–Kier alpha value is -2.34. The van der Waals surface area contributed by atoms with E-state index in [2.05, 4.69) is 0 Å². The van der Waals surface area contributed by atoms with Crippen molar-refractivity contribution in [1.82, 2.24) is 0 Å². The average molecular weight is 349 g/mol. The van der Waals surface area contributed by atoms with E-state index in [1.807, 2.05) is 19.1 Å². The summed E-state index contributed by atoms with van der Waals surface area (Å²) in [6, 6.07) is 8.79. The fourth-order valence-corrected chi connectivity index (χ4v) is 3.21. The van der Waals surface area contributed by atoms with Gasteiger partial charge in [-0.2, -0.15) is 13.2 Å². The second-order valence-electron chi connectivity index (χ2n) is 6.18. The van der Waals surface area contributed by atoms with Gasteiger partial charge in [0.05, 0.1) is 12.2 Å². The summed E-state index contributed by atoms with van der Waals surface area (Å²) in [5, 5.41) is 9.48. The van der Waals surface area contributed by atoms with E-state index in [0.717, 1.165) is 29.8 Å². The van der Waals surface area contributed by atoms with Crippen LogP contribution in [0.15, 0.2) is 36.4 Å². The lowest BCUT2D eigenvalue weighted by Crippen LogP contribution is -2.24. The molecule has 0 atom stereocenters. The second kappa shape index (κ2) is 6.52. The maximum atomic E-state index is 12.8. The number of halogens is 3. The van der Waals surface area contributed by atoms with Crippen molar-refractivity contribution in [3.05, 3.63) is 53.1 Å². The zero-order chi connectivity index (χ0) is 18.2. The lowest BCUT2D eigenvalue weighted by molar-refractivity contribution is -0.137. The zero-order valence-electron chi connectivity index (χ0n) is 13.7. The van der Waals surface area contributed by atoms with Crippen molar-refractivity contribution in [3.63, 3.8) is 0 Å². The summed E-state index contributed by atoms with van der Waals surface area (Å²) in [6.07, 6.45) is -3.08. The topological polar surface area (TPSA) is 40.5 Å². The van der Waals surface area contributed by atoms with Crippen molar-refractivity contribution in [2.24, 2.45) is 0 Å². The van der Waals surface area contributed by atoms with Crippen LogP contribution >= 0.6 is 0 Å². The maximum Gasteiger partial charge on any atom is 0.416 e. The molecule has 3 nitrogen and oxygen atoms in total. The van der Waals surface area contributed by atoms with Gasteiger partial charge >= 0.3 is 6.18 Å². The summed E-state index contributed by atoms with van der Waals surface area (Å²) >= 11 is 0. The summed E-state index contributed by atoms with van der Waals surface area (Å²) in [6.45, 7) is 2.07. The van der Waals surface area contributed by atoms with Crippen LogP contribution in [0.25, 0.3) is 11.1 Å². The highest BCUT2D eigenvalue weighted by Gasteiger charge is 2.31. The van der Waals surface area contributed by atoms with Crippen LogP contribution in [0.4, 0.5) is 18.9 Å². The van der Waals surface area contributed by atoms with E-state index in [9.17, 15) is 23.1 Å². The molecule has 0 unspecified atom stereocenters. The quantitative estimate of drug-likeness (QED) is 0.897. The van der Waals surface area contributed by atoms with Crippen LogP contribution in [0.1, 0.15) is 29.5 Å². The van der Waals surface area contributed by atoms with E-state index in [4.69, 9.17) is 0 Å². The lowest BCUT2D eigenvalue weighted by Gasteiger charge is -2.20. The monoisotopic (exact) mass is 349 g/mol. The van der Waals surface area contributed by atoms with Gasteiger partial charge in [0.1, 0.15) is 0 Å². The van der Waals surface area contributed by atoms with E-state index < -0.39 is 18.3 Å². The number of hydrogen-bond acceptors (Lipinski definition) is 2. The summed E-state index contributed by atoms with van der Waals surface area (Å²) in [5.41, 5.74) is 2.40. The minimum absolute atomic E-state index is 0.0847. The third-order valence-electron chi connectivity index (χ3n) is 4.47. The average Bonchev–Trinajstić information content (AvgIpc) is 2.99. The molecule has 1 fully saturated rings. The highest BCUT2D eigenvalue weighted by Crippen LogP contribution is 2.35. The number of hydrogen-bond donors (Lipinski definition) is 1. The number of aliphatic hydroxyl groups excluding tert-OH is 1. The van der Waals surface area contributed by atoms with Crippen molar-refractivity contribution < 1.29 is 23.1 Å². The van der Waals surface area contributed by atoms with Gasteiger partial charge in [0.15, 0.2) is 0 Å². The van der Waals surface area contributed by atoms with Gasteiger partial charge in [-0.1, -0.05) is 12.1 Å². The molecule has 1 aliphatic heterocycles. The van der Waals surface area contributed by atoms with E-state index in [1.165, 1.54) is 6.07 Å². The molecular formula is C19H18F3NO2. The Morgan fingerprint density at radius 3 is 2.48 bits per heavy atom. The van der Waals surface area contributed by atoms with Crippen molar-refractivity contribution in [2.45, 2.75) is 32.5 Å². The smallest absolute Gasteiger partial charge is 0.392 e. The minimum atomic E-state index is -4.45. The predicted molar refractivity (Wildman–Crippen MR) is 89.1 cm³/mol. The van der Waals surface area contributed by atoms with Gasteiger partial charge in [-0.25, -0.2) is 0 Å². The van der Waals surface area contributed by atoms with Crippen LogP contribution in [0, 0.1) is 6.92 Å². The summed E-state index contributed by atoms with van der Waals surface area (Å²) in [4.78, 5) is 13.6. The predicted octanol–water partition coefficient (Wildman–Crippen LogP) is 4.30. The number of aryl methyl sites for hydroxylation is 1. The Morgan fingerprint density at radius 2 is 1.92 bits per heavy atom. The van der Waals surface area contributed by atoms with Crippen LogP contribution in [-0.4, -0.2) is 17.6 Å². The summed E-state index contributed by atoms with van der Waals surface area (Å²) in [5.74, 6) is 0.0847. The maximum absolute atomic E-state index is 12.8. The number of rotatable bonds is 3. The fraction of sp³-hybridized carbons (Fsp3) is 0.316. The van der Waals surface area contributed by atoms with Crippen molar-refractivity contribution in [2.75, 3.05) is 11.4 Å². The first-order chi connectivity index (χ1) is 11.8. The highest BCUT2D eigenvalue weighted by molar-refractivity contribution is 5.96. The van der Waals surface area contributed by atoms with E-state index in [1.54, 1.807) is 11.0 Å². The Labute approximate surface area is 143 Å². The molecule has 1 N–H and O–H groups in total. The Kier molecular flexibility index (Phi) is 4.56. The van der Waals surface area contributed by atoms with Gasteiger partial charge < -0.3 is 10.0 Å². The van der Waals surface area contributed by atoms with Crippen LogP contribution in [0.5, 0.6) is 0 Å². The molecular weight excluding hydrogens is 331 g/mol. The third kappa shape index (κ3) is 3.39. The van der Waals surface area contributed by atoms with Gasteiger partial charge in [0, 0.05) is 18.7 Å². The molecule has 2 aromatic carbocycles. The Balaban J connectivity index is 1.99. The molecule has 0 spiro atoms. The molecule has 1 aliphatic rings. The molecule has 25 heavy (non-hydrogen) atoms. The first kappa shape index (κ1) is 17.5. The van der Waals surface area contributed by atoms with Crippen LogP contribution in [0.3, 0.4) is 0 Å². The number of benzene rings is 2. The van der Waals surface area contributed by atoms with Crippen LogP contribution in [0.2, 0.25) is 0 Å². The number of anilines is 1. The standard InChI is InChI=1S/C19H18F3NO2/c1-12-9-13(4-7-17(12)23-8-2-3-18(23)25)16-6-5-15(19(20,21)22)10-14(16)11-24/h4-7,9-10,24H,2-3,8,11H2,1H3. The number of nitrogens with zero attached hydrogens (tertiary/aromatic N) is 1. The van der Waals surface area contributed by atoms with Crippen LogP contribution < -0.4 is 4.90 Å². The molecule has 0 aromatic heterocycles. The molecule has 1 amide bonds. The van der Waals surface area contributed by atoms with Gasteiger partial charge in [-0.05, 0) is 59.9 Å². The Bertz CT molecular complexity index is 815. The molecule has 6 heteroatoms. The number of aliphatic hydroxyl groups is 1. The lowest BCUT2D eigenvalue weighted by atomic mass is 9.96. The molecule has 1 heterocycles. The second-order valence-corrected chi connectivity index (χ2v) is 6.18. The van der Waals surface area contributed by atoms with E-state index in [-0.39, 0.29) is 11.5 Å². The van der Waals surface area contributed by atoms with E-state index >= 15 is 0 Å². The van der Waals surface area contributed by atoms with Gasteiger partial charge in [-0.3, -0.25) is 4.79 Å². The number of amides is 1. The molecule has 0 bridgehead atoms. The van der Waals surface area contributed by atoms with Crippen LogP contribution in [-0.2, 0) is 17.6 Å². The largest absolute Gasteiger partial charge is 0.416 e. The number of carbonyl (C=O) groups excluding carboxylic acids is 1. The SMILES string of the molecule is Cc1cc(-c2ccc(C(F)(F)F)cc2CO)ccc1N1CCCC1=O. The summed E-state index contributed by atoms with van der Waals surface area (Å²) < 4.78 is 38.5. The zero-order valence-corrected chi connectivity index (χ0v) is 13.7. The molecule has 1 saturated heterocycles. The molecule has 0 aliphatic carbocycles. The first-order valence-electron chi connectivity index (χ1n) is 8.03. The normalized spacial score (nSPS) is 15.1. The third-order valence-corrected chi connectivity index (χ3v) is 4.47. The summed E-state index contributed by atoms with van der Waals surface area (Å²) in [7, 11) is 0. The Morgan fingerprint density at radius 1 is 1.16 bits per heavy atom. The fourth-order valence-electron chi connectivity index (χ4n) is 3.21. The minimum Gasteiger partial charge on any atom is -0.392 e.